The van der Waals surface area contributed by atoms with Crippen molar-refractivity contribution in [3.05, 3.63) is 41.5 Å². The summed E-state index contributed by atoms with van der Waals surface area (Å²) in [5.41, 5.74) is 1.96. The molecule has 3 amide bonds. The topological polar surface area (TPSA) is 109 Å². The first kappa shape index (κ1) is 21.0. The molecule has 1 unspecified atom stereocenters. The van der Waals surface area contributed by atoms with Crippen molar-refractivity contribution in [1.82, 2.24) is 20.4 Å². The lowest BCUT2D eigenvalue weighted by atomic mass is 9.94. The molecule has 2 saturated heterocycles. The van der Waals surface area contributed by atoms with Gasteiger partial charge in [0.2, 0.25) is 23.6 Å². The van der Waals surface area contributed by atoms with Crippen LogP contribution in [0.3, 0.4) is 0 Å². The minimum absolute atomic E-state index is 0.00292. The van der Waals surface area contributed by atoms with Gasteiger partial charge in [-0.05, 0) is 38.8 Å². The van der Waals surface area contributed by atoms with E-state index in [0.29, 0.717) is 44.2 Å². The molecule has 2 aliphatic rings. The number of benzene rings is 1. The first-order valence-electron chi connectivity index (χ1n) is 10.6. The van der Waals surface area contributed by atoms with Crippen molar-refractivity contribution in [2.45, 2.75) is 39.7 Å². The summed E-state index contributed by atoms with van der Waals surface area (Å²) in [7, 11) is 0. The molecule has 0 radical (unpaired) electrons. The fraction of sp³-hybridized carbons (Fsp3) is 0.500. The number of carbonyl (C=O) groups is 3. The van der Waals surface area contributed by atoms with Crippen LogP contribution in [0.5, 0.6) is 0 Å². The molecule has 1 aromatic heterocycles. The van der Waals surface area contributed by atoms with Crippen LogP contribution < -0.4 is 10.2 Å². The Morgan fingerprint density at radius 1 is 1.13 bits per heavy atom. The van der Waals surface area contributed by atoms with Crippen LogP contribution in [0.1, 0.15) is 36.5 Å². The van der Waals surface area contributed by atoms with E-state index in [4.69, 9.17) is 4.52 Å². The Morgan fingerprint density at radius 2 is 1.84 bits per heavy atom. The van der Waals surface area contributed by atoms with Crippen molar-refractivity contribution in [2.75, 3.05) is 24.5 Å². The van der Waals surface area contributed by atoms with Crippen LogP contribution in [0.25, 0.3) is 0 Å². The maximum Gasteiger partial charge on any atom is 0.246 e. The highest BCUT2D eigenvalue weighted by molar-refractivity contribution is 6.00. The number of aromatic nitrogens is 2. The molecule has 0 bridgehead atoms. The van der Waals surface area contributed by atoms with E-state index in [1.54, 1.807) is 16.7 Å². The van der Waals surface area contributed by atoms with Gasteiger partial charge >= 0.3 is 0 Å². The van der Waals surface area contributed by atoms with E-state index in [-0.39, 0.29) is 42.5 Å². The van der Waals surface area contributed by atoms with E-state index in [0.717, 1.165) is 11.3 Å². The van der Waals surface area contributed by atoms with E-state index < -0.39 is 0 Å². The van der Waals surface area contributed by atoms with Gasteiger partial charge in [-0.3, -0.25) is 14.4 Å². The summed E-state index contributed by atoms with van der Waals surface area (Å²) in [6, 6.07) is 7.76. The fourth-order valence-electron chi connectivity index (χ4n) is 4.19. The highest BCUT2D eigenvalue weighted by Gasteiger charge is 2.38. The molecule has 4 rings (SSSR count). The van der Waals surface area contributed by atoms with Gasteiger partial charge in [0.05, 0.1) is 12.5 Å². The van der Waals surface area contributed by atoms with Crippen molar-refractivity contribution in [2.24, 2.45) is 11.8 Å². The molecule has 1 N–H and O–H groups in total. The van der Waals surface area contributed by atoms with Crippen LogP contribution in [0, 0.1) is 25.7 Å². The number of likely N-dealkylation sites (tertiary alicyclic amines) is 1. The number of rotatable bonds is 5. The minimum atomic E-state index is -0.333. The number of carbonyl (C=O) groups excluding carboxylic acids is 3. The molecule has 2 fully saturated rings. The first-order chi connectivity index (χ1) is 14.9. The van der Waals surface area contributed by atoms with Gasteiger partial charge in [0.1, 0.15) is 0 Å². The number of nitrogens with one attached hydrogen (secondary N) is 1. The number of amides is 3. The lowest BCUT2D eigenvalue weighted by Crippen LogP contribution is -2.45. The summed E-state index contributed by atoms with van der Waals surface area (Å²) in [5.74, 6) is 0.340. The molecule has 0 aliphatic carbocycles. The average molecular weight is 425 g/mol. The zero-order valence-electron chi connectivity index (χ0n) is 17.8. The molecule has 3 heterocycles. The fourth-order valence-corrected chi connectivity index (χ4v) is 4.19. The van der Waals surface area contributed by atoms with Crippen molar-refractivity contribution >= 4 is 23.4 Å². The molecule has 2 aliphatic heterocycles. The largest absolute Gasteiger partial charge is 0.347 e. The molecule has 31 heavy (non-hydrogen) atoms. The van der Waals surface area contributed by atoms with Gasteiger partial charge < -0.3 is 19.6 Å². The maximum absolute atomic E-state index is 13.0. The maximum atomic E-state index is 13.0. The van der Waals surface area contributed by atoms with Crippen LogP contribution in [-0.4, -0.2) is 52.4 Å². The van der Waals surface area contributed by atoms with E-state index in [9.17, 15) is 14.4 Å². The Balaban J connectivity index is 1.26. The lowest BCUT2D eigenvalue weighted by molar-refractivity contribution is -0.139. The van der Waals surface area contributed by atoms with Crippen LogP contribution in [0.15, 0.2) is 28.8 Å². The number of piperidine rings is 1. The SMILES string of the molecule is Cc1ccc(N2CC(C(=O)N3CCC(C(=O)NCc4nc(C)no4)CC3)CC2=O)cc1. The molecule has 1 atom stereocenters. The molecular weight excluding hydrogens is 398 g/mol. The van der Waals surface area contributed by atoms with Gasteiger partial charge in [0.15, 0.2) is 5.82 Å². The molecule has 0 saturated carbocycles. The zero-order chi connectivity index (χ0) is 22.0. The predicted octanol–water partition coefficient (Wildman–Crippen LogP) is 1.59. The second kappa shape index (κ2) is 8.87. The van der Waals surface area contributed by atoms with E-state index in [2.05, 4.69) is 15.5 Å². The number of hydrogen-bond donors (Lipinski definition) is 1. The summed E-state index contributed by atoms with van der Waals surface area (Å²) in [6.45, 7) is 5.37. The summed E-state index contributed by atoms with van der Waals surface area (Å²) in [5, 5.41) is 6.52. The van der Waals surface area contributed by atoms with Crippen molar-refractivity contribution in [3.8, 4) is 0 Å². The number of aryl methyl sites for hydroxylation is 2. The predicted molar refractivity (Wildman–Crippen MR) is 112 cm³/mol. The van der Waals surface area contributed by atoms with E-state index in [1.165, 1.54) is 0 Å². The molecule has 9 nitrogen and oxygen atoms in total. The van der Waals surface area contributed by atoms with Crippen LogP contribution >= 0.6 is 0 Å². The monoisotopic (exact) mass is 425 g/mol. The summed E-state index contributed by atoms with van der Waals surface area (Å²) in [6.07, 6.45) is 1.43. The molecule has 164 valence electrons. The van der Waals surface area contributed by atoms with Crippen molar-refractivity contribution < 1.29 is 18.9 Å². The summed E-state index contributed by atoms with van der Waals surface area (Å²) < 4.78 is 5.00. The Hall–Kier alpha value is -3.23. The Kier molecular flexibility index (Phi) is 6.01. The van der Waals surface area contributed by atoms with Gasteiger partial charge in [-0.25, -0.2) is 0 Å². The first-order valence-corrected chi connectivity index (χ1v) is 10.6. The minimum Gasteiger partial charge on any atom is -0.347 e. The van der Waals surface area contributed by atoms with Gasteiger partial charge in [-0.2, -0.15) is 4.98 Å². The quantitative estimate of drug-likeness (QED) is 0.779. The smallest absolute Gasteiger partial charge is 0.246 e. The van der Waals surface area contributed by atoms with Gasteiger partial charge in [-0.1, -0.05) is 22.9 Å². The van der Waals surface area contributed by atoms with Gasteiger partial charge in [0, 0.05) is 37.7 Å². The second-order valence-corrected chi connectivity index (χ2v) is 8.29. The van der Waals surface area contributed by atoms with Crippen molar-refractivity contribution in [1.29, 1.82) is 0 Å². The number of hydrogen-bond acceptors (Lipinski definition) is 6. The molecule has 9 heteroatoms. The highest BCUT2D eigenvalue weighted by atomic mass is 16.5. The lowest BCUT2D eigenvalue weighted by Gasteiger charge is -2.32. The number of anilines is 1. The van der Waals surface area contributed by atoms with E-state index >= 15 is 0 Å². The Morgan fingerprint density at radius 3 is 2.48 bits per heavy atom. The molecular formula is C22H27N5O4. The Labute approximate surface area is 180 Å². The Bertz CT molecular complexity index is 963. The van der Waals surface area contributed by atoms with E-state index in [1.807, 2.05) is 31.2 Å². The van der Waals surface area contributed by atoms with Gasteiger partial charge in [0.25, 0.3) is 0 Å². The number of nitrogens with zero attached hydrogens (tertiary/aromatic N) is 4. The van der Waals surface area contributed by atoms with Gasteiger partial charge in [-0.15, -0.1) is 0 Å². The molecule has 1 aromatic carbocycles. The van der Waals surface area contributed by atoms with Crippen LogP contribution in [0.2, 0.25) is 0 Å². The van der Waals surface area contributed by atoms with Crippen LogP contribution in [0.4, 0.5) is 5.69 Å². The normalized spacial score (nSPS) is 19.7. The second-order valence-electron chi connectivity index (χ2n) is 8.29. The third kappa shape index (κ3) is 4.76. The highest BCUT2D eigenvalue weighted by Crippen LogP contribution is 2.28. The molecule has 0 spiro atoms. The standard InChI is InChI=1S/C22H27N5O4/c1-14-3-5-18(6-4-14)27-13-17(11-20(27)28)22(30)26-9-7-16(8-10-26)21(29)23-12-19-24-15(2)25-31-19/h3-6,16-17H,7-13H2,1-2H3,(H,23,29). The van der Waals surface area contributed by atoms with Crippen molar-refractivity contribution in [3.63, 3.8) is 0 Å². The van der Waals surface area contributed by atoms with Crippen LogP contribution in [-0.2, 0) is 20.9 Å². The summed E-state index contributed by atoms with van der Waals surface area (Å²) >= 11 is 0. The zero-order valence-corrected chi connectivity index (χ0v) is 17.8. The molecule has 2 aromatic rings. The third-order valence-electron chi connectivity index (χ3n) is 5.98. The average Bonchev–Trinajstić information content (AvgIpc) is 3.37. The summed E-state index contributed by atoms with van der Waals surface area (Å²) in [4.78, 5) is 45.4. The third-order valence-corrected chi connectivity index (χ3v) is 5.98.